The van der Waals surface area contributed by atoms with Crippen molar-refractivity contribution in [2.24, 2.45) is 0 Å². The molecule has 1 saturated heterocycles. The minimum Gasteiger partial charge on any atom is -0.482 e. The normalized spacial score (nSPS) is 17.9. The van der Waals surface area contributed by atoms with Crippen molar-refractivity contribution in [2.45, 2.75) is 25.2 Å². The number of anilines is 2. The highest BCUT2D eigenvalue weighted by Gasteiger charge is 2.34. The van der Waals surface area contributed by atoms with Crippen LogP contribution in [0.5, 0.6) is 11.6 Å². The molecule has 2 aliphatic heterocycles. The van der Waals surface area contributed by atoms with Crippen LogP contribution in [0.15, 0.2) is 42.5 Å². The van der Waals surface area contributed by atoms with Gasteiger partial charge in [0.1, 0.15) is 17.7 Å². The molecule has 2 amide bonds. The first-order valence-electron chi connectivity index (χ1n) is 11.5. The SMILES string of the molecule is COc1ccc2ccc(F)c(CNC[C@@H](O)C[C@@H]3CN(c4ccc5c(c4)NC(=O)CO5)C(=O)O3)c2n1. The van der Waals surface area contributed by atoms with Crippen LogP contribution >= 0.6 is 0 Å². The molecule has 11 heteroatoms. The van der Waals surface area contributed by atoms with Crippen molar-refractivity contribution >= 4 is 34.3 Å². The highest BCUT2D eigenvalue weighted by molar-refractivity contribution is 5.97. The second kappa shape index (κ2) is 9.96. The van der Waals surface area contributed by atoms with Crippen molar-refractivity contribution in [3.05, 3.63) is 53.8 Å². The largest absolute Gasteiger partial charge is 0.482 e. The number of fused-ring (bicyclic) bond motifs is 2. The molecule has 0 aliphatic carbocycles. The third-order valence-electron chi connectivity index (χ3n) is 6.09. The van der Waals surface area contributed by atoms with Gasteiger partial charge in [-0.1, -0.05) is 0 Å². The van der Waals surface area contributed by atoms with Crippen molar-refractivity contribution in [1.29, 1.82) is 0 Å². The minimum atomic E-state index is -0.834. The van der Waals surface area contributed by atoms with Crippen LogP contribution in [0.25, 0.3) is 10.9 Å². The molecule has 10 nitrogen and oxygen atoms in total. The summed E-state index contributed by atoms with van der Waals surface area (Å²) in [6.45, 7) is 0.505. The maximum Gasteiger partial charge on any atom is 0.414 e. The van der Waals surface area contributed by atoms with E-state index in [1.165, 1.54) is 18.1 Å². The number of amides is 2. The van der Waals surface area contributed by atoms with Gasteiger partial charge in [-0.2, -0.15) is 0 Å². The van der Waals surface area contributed by atoms with Gasteiger partial charge in [-0.05, 0) is 36.4 Å². The molecule has 2 aromatic carbocycles. The van der Waals surface area contributed by atoms with Crippen LogP contribution < -0.4 is 25.0 Å². The number of aromatic nitrogens is 1. The Morgan fingerprint density at radius 3 is 2.94 bits per heavy atom. The smallest absolute Gasteiger partial charge is 0.414 e. The fourth-order valence-corrected chi connectivity index (χ4v) is 4.33. The van der Waals surface area contributed by atoms with Crippen molar-refractivity contribution in [2.75, 3.05) is 37.0 Å². The van der Waals surface area contributed by atoms with Crippen molar-refractivity contribution in [3.8, 4) is 11.6 Å². The molecule has 5 rings (SSSR count). The summed E-state index contributed by atoms with van der Waals surface area (Å²) >= 11 is 0. The number of aliphatic hydroxyl groups excluding tert-OH is 1. The summed E-state index contributed by atoms with van der Waals surface area (Å²) in [6.07, 6.45) is -1.71. The summed E-state index contributed by atoms with van der Waals surface area (Å²) in [5.74, 6) is 0.240. The number of hydrogen-bond donors (Lipinski definition) is 3. The molecule has 0 unspecified atom stereocenters. The van der Waals surface area contributed by atoms with E-state index in [9.17, 15) is 19.1 Å². The summed E-state index contributed by atoms with van der Waals surface area (Å²) in [6, 6.07) is 11.6. The summed E-state index contributed by atoms with van der Waals surface area (Å²) in [5.41, 5.74) is 1.90. The molecule has 188 valence electrons. The number of pyridine rings is 1. The van der Waals surface area contributed by atoms with Crippen LogP contribution in [-0.4, -0.2) is 61.1 Å². The molecular weight excluding hydrogens is 471 g/mol. The van der Waals surface area contributed by atoms with Crippen LogP contribution in [0.1, 0.15) is 12.0 Å². The third-order valence-corrected chi connectivity index (χ3v) is 6.09. The average Bonchev–Trinajstić information content (AvgIpc) is 3.24. The van der Waals surface area contributed by atoms with E-state index in [0.717, 1.165) is 5.39 Å². The van der Waals surface area contributed by atoms with Crippen LogP contribution in [0.3, 0.4) is 0 Å². The van der Waals surface area contributed by atoms with E-state index in [1.807, 2.05) is 6.07 Å². The van der Waals surface area contributed by atoms with Gasteiger partial charge in [0, 0.05) is 42.2 Å². The number of nitrogens with one attached hydrogen (secondary N) is 2. The summed E-state index contributed by atoms with van der Waals surface area (Å²) < 4.78 is 30.4. The number of carbonyl (C=O) groups is 2. The first-order chi connectivity index (χ1) is 17.4. The first kappa shape index (κ1) is 23.8. The van der Waals surface area contributed by atoms with E-state index in [0.29, 0.717) is 34.1 Å². The van der Waals surface area contributed by atoms with Crippen LogP contribution in [0, 0.1) is 5.82 Å². The number of carbonyl (C=O) groups excluding carboxylic acids is 2. The Kier molecular flexibility index (Phi) is 6.57. The lowest BCUT2D eigenvalue weighted by molar-refractivity contribution is -0.118. The van der Waals surface area contributed by atoms with Crippen molar-refractivity contribution < 1.29 is 33.3 Å². The number of halogens is 1. The van der Waals surface area contributed by atoms with Gasteiger partial charge in [-0.15, -0.1) is 0 Å². The summed E-state index contributed by atoms with van der Waals surface area (Å²) in [7, 11) is 1.50. The molecular formula is C25H25FN4O6. The molecule has 0 bridgehead atoms. The maximum absolute atomic E-state index is 14.5. The fraction of sp³-hybridized carbons (Fsp3) is 0.320. The Labute approximate surface area is 206 Å². The molecule has 2 aliphatic rings. The summed E-state index contributed by atoms with van der Waals surface area (Å²) in [4.78, 5) is 29.8. The molecule has 0 radical (unpaired) electrons. The lowest BCUT2D eigenvalue weighted by atomic mass is 10.1. The number of aliphatic hydroxyl groups is 1. The van der Waals surface area contributed by atoms with Gasteiger partial charge in [0.25, 0.3) is 5.91 Å². The van der Waals surface area contributed by atoms with E-state index in [1.54, 1.807) is 30.3 Å². The lowest BCUT2D eigenvalue weighted by Crippen LogP contribution is -2.32. The number of ether oxygens (including phenoxy) is 3. The maximum atomic E-state index is 14.5. The van der Waals surface area contributed by atoms with Gasteiger partial charge < -0.3 is 30.0 Å². The third kappa shape index (κ3) is 4.88. The minimum absolute atomic E-state index is 0.0516. The number of nitrogens with zero attached hydrogens (tertiary/aromatic N) is 2. The van der Waals surface area contributed by atoms with Crippen LogP contribution in [0.2, 0.25) is 0 Å². The Morgan fingerprint density at radius 2 is 2.11 bits per heavy atom. The van der Waals surface area contributed by atoms with Gasteiger partial charge in [0.2, 0.25) is 5.88 Å². The van der Waals surface area contributed by atoms with Crippen molar-refractivity contribution in [3.63, 3.8) is 0 Å². The topological polar surface area (TPSA) is 122 Å². The highest BCUT2D eigenvalue weighted by atomic mass is 19.1. The molecule has 3 N–H and O–H groups in total. The highest BCUT2D eigenvalue weighted by Crippen LogP contribution is 2.34. The van der Waals surface area contributed by atoms with Crippen molar-refractivity contribution in [1.82, 2.24) is 10.3 Å². The van der Waals surface area contributed by atoms with Crippen LogP contribution in [0.4, 0.5) is 20.6 Å². The number of methoxy groups -OCH3 is 1. The van der Waals surface area contributed by atoms with E-state index < -0.39 is 24.1 Å². The summed E-state index contributed by atoms with van der Waals surface area (Å²) in [5, 5.41) is 17.1. The van der Waals surface area contributed by atoms with Crippen LogP contribution in [-0.2, 0) is 16.1 Å². The number of hydrogen-bond acceptors (Lipinski definition) is 8. The Morgan fingerprint density at radius 1 is 1.28 bits per heavy atom. The number of cyclic esters (lactones) is 1. The zero-order valence-corrected chi connectivity index (χ0v) is 19.5. The van der Waals surface area contributed by atoms with E-state index in [-0.39, 0.29) is 38.6 Å². The fourth-order valence-electron chi connectivity index (χ4n) is 4.33. The molecule has 36 heavy (non-hydrogen) atoms. The molecule has 3 aromatic rings. The van der Waals surface area contributed by atoms with Gasteiger partial charge in [-0.3, -0.25) is 9.69 Å². The molecule has 1 aromatic heterocycles. The Bertz CT molecular complexity index is 1320. The standard InChI is InChI=1S/C25H25FN4O6/c1-34-23-7-3-14-2-5-19(26)18(24(14)29-23)11-27-10-16(31)9-17-12-30(25(33)36-17)15-4-6-21-20(8-15)28-22(32)13-35-21/h2-8,16-17,27,31H,9-13H2,1H3,(H,28,32)/t16-,17+/m0/s1. The molecule has 2 atom stereocenters. The monoisotopic (exact) mass is 496 g/mol. The quantitative estimate of drug-likeness (QED) is 0.435. The molecule has 0 saturated carbocycles. The molecule has 3 heterocycles. The van der Waals surface area contributed by atoms with Gasteiger partial charge in [0.15, 0.2) is 6.61 Å². The second-order valence-corrected chi connectivity index (χ2v) is 8.61. The van der Waals surface area contributed by atoms with Gasteiger partial charge in [0.05, 0.1) is 31.0 Å². The molecule has 0 spiro atoms. The lowest BCUT2D eigenvalue weighted by Gasteiger charge is -2.21. The van der Waals surface area contributed by atoms with E-state index >= 15 is 0 Å². The van der Waals surface area contributed by atoms with Gasteiger partial charge in [-0.25, -0.2) is 14.2 Å². The predicted octanol–water partition coefficient (Wildman–Crippen LogP) is 2.58. The zero-order valence-electron chi connectivity index (χ0n) is 19.5. The molecule has 1 fully saturated rings. The average molecular weight is 496 g/mol. The first-order valence-corrected chi connectivity index (χ1v) is 11.5. The van der Waals surface area contributed by atoms with Gasteiger partial charge >= 0.3 is 6.09 Å². The Hall–Kier alpha value is -3.96. The van der Waals surface area contributed by atoms with E-state index in [4.69, 9.17) is 14.2 Å². The number of rotatable bonds is 8. The second-order valence-electron chi connectivity index (χ2n) is 8.61. The predicted molar refractivity (Wildman–Crippen MR) is 129 cm³/mol. The van der Waals surface area contributed by atoms with E-state index in [2.05, 4.69) is 15.6 Å². The Balaban J connectivity index is 1.17. The zero-order chi connectivity index (χ0) is 25.2. The number of benzene rings is 2.